The number of amides is 1. The molecule has 2 N–H and O–H groups in total. The highest BCUT2D eigenvalue weighted by Crippen LogP contribution is 2.26. The number of halogens is 2. The number of nitrogens with zero attached hydrogens (tertiary/aromatic N) is 5. The number of carbonyl (C=O) groups excluding carboxylic acids is 1. The van der Waals surface area contributed by atoms with Gasteiger partial charge in [-0.1, -0.05) is 0 Å². The molecule has 0 aliphatic carbocycles. The maximum absolute atomic E-state index is 12.8. The number of hydrogen-bond acceptors (Lipinski definition) is 5. The monoisotopic (exact) mass is 385 g/mol. The lowest BCUT2D eigenvalue weighted by molar-refractivity contribution is -0.129. The van der Waals surface area contributed by atoms with E-state index < -0.39 is 5.92 Å². The van der Waals surface area contributed by atoms with Crippen molar-refractivity contribution >= 4 is 16.9 Å². The number of aromatic amines is 1. The first-order valence-corrected chi connectivity index (χ1v) is 8.66. The molecule has 0 saturated carbocycles. The topological polar surface area (TPSA) is 103 Å². The second-order valence-corrected chi connectivity index (χ2v) is 6.82. The predicted octanol–water partition coefficient (Wildman–Crippen LogP) is 1.52. The van der Waals surface area contributed by atoms with Crippen LogP contribution in [0.15, 0.2) is 24.4 Å². The van der Waals surface area contributed by atoms with Gasteiger partial charge in [0.15, 0.2) is 5.69 Å². The summed E-state index contributed by atoms with van der Waals surface area (Å²) in [5.41, 5.74) is 2.73. The third kappa shape index (κ3) is 3.44. The van der Waals surface area contributed by atoms with Gasteiger partial charge in [-0.2, -0.15) is 10.4 Å². The minimum absolute atomic E-state index is 0.232. The lowest BCUT2D eigenvalue weighted by Gasteiger charge is -2.38. The molecule has 0 spiro atoms. The molecule has 8 nitrogen and oxygen atoms in total. The predicted molar refractivity (Wildman–Crippen MR) is 96.7 cm³/mol. The SMILES string of the molecule is Cn1nc(C(=O)NCCN2CC(F)(F)C2)cc1-c1cc2cc(C#N)cnc2[nH]1. The Kier molecular flexibility index (Phi) is 4.31. The van der Waals surface area contributed by atoms with E-state index in [-0.39, 0.29) is 31.2 Å². The fraction of sp³-hybridized carbons (Fsp3) is 0.333. The van der Waals surface area contributed by atoms with E-state index in [9.17, 15) is 13.6 Å². The molecule has 0 atom stereocenters. The standard InChI is InChI=1S/C18H17F2N7O/c1-26-15(13-5-12-4-11(7-21)8-23-16(12)24-13)6-14(25-26)17(28)22-2-3-27-9-18(19,20)10-27/h4-6,8H,2-3,9-10H2,1H3,(H,22,28)(H,23,24). The molecule has 1 aliphatic heterocycles. The van der Waals surface area contributed by atoms with Crippen LogP contribution in [0.3, 0.4) is 0 Å². The van der Waals surface area contributed by atoms with E-state index >= 15 is 0 Å². The maximum atomic E-state index is 12.8. The first-order chi connectivity index (χ1) is 13.3. The zero-order valence-electron chi connectivity index (χ0n) is 15.0. The normalized spacial score (nSPS) is 15.9. The molecule has 1 saturated heterocycles. The quantitative estimate of drug-likeness (QED) is 0.693. The average Bonchev–Trinajstić information content (AvgIpc) is 3.22. The van der Waals surface area contributed by atoms with Crippen molar-refractivity contribution in [1.29, 1.82) is 5.26 Å². The summed E-state index contributed by atoms with van der Waals surface area (Å²) >= 11 is 0. The van der Waals surface area contributed by atoms with Gasteiger partial charge in [-0.15, -0.1) is 0 Å². The van der Waals surface area contributed by atoms with Crippen LogP contribution >= 0.6 is 0 Å². The number of aromatic nitrogens is 4. The second kappa shape index (κ2) is 6.69. The number of alkyl halides is 2. The smallest absolute Gasteiger partial charge is 0.272 e. The van der Waals surface area contributed by atoms with Gasteiger partial charge in [-0.05, 0) is 18.2 Å². The molecule has 1 fully saturated rings. The summed E-state index contributed by atoms with van der Waals surface area (Å²) in [6, 6.07) is 7.26. The summed E-state index contributed by atoms with van der Waals surface area (Å²) in [6.45, 7) is 0.112. The van der Waals surface area contributed by atoms with Crippen LogP contribution in [0.25, 0.3) is 22.4 Å². The fourth-order valence-electron chi connectivity index (χ4n) is 3.23. The molecule has 1 aliphatic rings. The van der Waals surface area contributed by atoms with Crippen LogP contribution < -0.4 is 5.32 Å². The van der Waals surface area contributed by atoms with E-state index in [2.05, 4.69) is 20.4 Å². The third-order valence-corrected chi connectivity index (χ3v) is 4.61. The zero-order chi connectivity index (χ0) is 19.9. The number of likely N-dealkylation sites (tertiary alicyclic amines) is 1. The number of carbonyl (C=O) groups is 1. The molecule has 0 aromatic carbocycles. The average molecular weight is 385 g/mol. The third-order valence-electron chi connectivity index (χ3n) is 4.61. The number of fused-ring (bicyclic) bond motifs is 1. The Hall–Kier alpha value is -3.32. The summed E-state index contributed by atoms with van der Waals surface area (Å²) in [6.07, 6.45) is 1.48. The summed E-state index contributed by atoms with van der Waals surface area (Å²) < 4.78 is 27.2. The molecule has 144 valence electrons. The van der Waals surface area contributed by atoms with Crippen molar-refractivity contribution in [2.75, 3.05) is 26.2 Å². The summed E-state index contributed by atoms with van der Waals surface area (Å²) in [5, 5.41) is 16.7. The van der Waals surface area contributed by atoms with Crippen LogP contribution in [0.2, 0.25) is 0 Å². The minimum Gasteiger partial charge on any atom is -0.349 e. The molecule has 4 rings (SSSR count). The summed E-state index contributed by atoms with van der Waals surface area (Å²) in [4.78, 5) is 21.2. The van der Waals surface area contributed by atoms with Gasteiger partial charge < -0.3 is 10.3 Å². The number of rotatable bonds is 5. The molecule has 0 unspecified atom stereocenters. The van der Waals surface area contributed by atoms with Crippen LogP contribution in [0, 0.1) is 11.3 Å². The minimum atomic E-state index is -2.61. The van der Waals surface area contributed by atoms with Gasteiger partial charge in [0, 0.05) is 31.7 Å². The maximum Gasteiger partial charge on any atom is 0.272 e. The van der Waals surface area contributed by atoms with Crippen molar-refractivity contribution in [2.24, 2.45) is 7.05 Å². The van der Waals surface area contributed by atoms with Crippen molar-refractivity contribution < 1.29 is 13.6 Å². The highest BCUT2D eigenvalue weighted by atomic mass is 19.3. The Morgan fingerprint density at radius 1 is 1.39 bits per heavy atom. The van der Waals surface area contributed by atoms with Gasteiger partial charge in [0.2, 0.25) is 0 Å². The van der Waals surface area contributed by atoms with E-state index in [1.807, 2.05) is 12.1 Å². The molecule has 28 heavy (non-hydrogen) atoms. The summed E-state index contributed by atoms with van der Waals surface area (Å²) in [5.74, 6) is -2.97. The lowest BCUT2D eigenvalue weighted by atomic mass is 10.1. The number of H-pyrrole nitrogens is 1. The molecular weight excluding hydrogens is 368 g/mol. The number of nitrogens with one attached hydrogen (secondary N) is 2. The molecule has 1 amide bonds. The molecule has 3 aromatic rings. The Bertz CT molecular complexity index is 1090. The molecule has 3 aromatic heterocycles. The van der Waals surface area contributed by atoms with E-state index in [0.717, 1.165) is 11.1 Å². The zero-order valence-corrected chi connectivity index (χ0v) is 15.0. The van der Waals surface area contributed by atoms with E-state index in [4.69, 9.17) is 5.26 Å². The van der Waals surface area contributed by atoms with Gasteiger partial charge in [-0.3, -0.25) is 14.4 Å². The van der Waals surface area contributed by atoms with Gasteiger partial charge in [-0.25, -0.2) is 13.8 Å². The number of pyridine rings is 1. The largest absolute Gasteiger partial charge is 0.349 e. The fourth-order valence-corrected chi connectivity index (χ4v) is 3.23. The van der Waals surface area contributed by atoms with E-state index in [0.29, 0.717) is 23.4 Å². The molecule has 0 bridgehead atoms. The number of nitriles is 1. The van der Waals surface area contributed by atoms with Crippen LogP contribution in [0.5, 0.6) is 0 Å². The number of hydrogen-bond donors (Lipinski definition) is 2. The molecule has 4 heterocycles. The second-order valence-electron chi connectivity index (χ2n) is 6.82. The first kappa shape index (κ1) is 18.1. The van der Waals surface area contributed by atoms with Gasteiger partial charge in [0.05, 0.1) is 30.0 Å². The van der Waals surface area contributed by atoms with Crippen molar-refractivity contribution in [3.8, 4) is 17.5 Å². The Morgan fingerprint density at radius 2 is 2.18 bits per heavy atom. The van der Waals surface area contributed by atoms with Crippen molar-refractivity contribution in [3.05, 3.63) is 35.7 Å². The van der Waals surface area contributed by atoms with Crippen molar-refractivity contribution in [2.45, 2.75) is 5.92 Å². The highest BCUT2D eigenvalue weighted by molar-refractivity contribution is 5.93. The van der Waals surface area contributed by atoms with Crippen molar-refractivity contribution in [1.82, 2.24) is 30.0 Å². The molecule has 10 heteroatoms. The van der Waals surface area contributed by atoms with Crippen LogP contribution in [0.1, 0.15) is 16.1 Å². The Labute approximate surface area is 158 Å². The summed E-state index contributed by atoms with van der Waals surface area (Å²) in [7, 11) is 1.72. The van der Waals surface area contributed by atoms with Gasteiger partial charge >= 0.3 is 0 Å². The van der Waals surface area contributed by atoms with E-state index in [1.54, 1.807) is 28.8 Å². The van der Waals surface area contributed by atoms with Crippen LogP contribution in [-0.2, 0) is 7.05 Å². The molecular formula is C18H17F2N7O. The van der Waals surface area contributed by atoms with Gasteiger partial charge in [0.25, 0.3) is 11.8 Å². The Balaban J connectivity index is 1.44. The highest BCUT2D eigenvalue weighted by Gasteiger charge is 2.43. The number of aryl methyl sites for hydroxylation is 1. The Morgan fingerprint density at radius 3 is 2.89 bits per heavy atom. The van der Waals surface area contributed by atoms with Crippen LogP contribution in [0.4, 0.5) is 8.78 Å². The lowest BCUT2D eigenvalue weighted by Crippen LogP contribution is -2.57. The van der Waals surface area contributed by atoms with Crippen LogP contribution in [-0.4, -0.2) is 62.7 Å². The van der Waals surface area contributed by atoms with Gasteiger partial charge in [0.1, 0.15) is 11.7 Å². The first-order valence-electron chi connectivity index (χ1n) is 8.66. The van der Waals surface area contributed by atoms with Crippen molar-refractivity contribution in [3.63, 3.8) is 0 Å². The molecule has 0 radical (unpaired) electrons. The van der Waals surface area contributed by atoms with E-state index in [1.165, 1.54) is 6.20 Å².